The van der Waals surface area contributed by atoms with Gasteiger partial charge in [-0.1, -0.05) is 26.0 Å². The van der Waals surface area contributed by atoms with E-state index in [0.29, 0.717) is 53.9 Å². The molecule has 192 valence electrons. The van der Waals surface area contributed by atoms with Crippen molar-refractivity contribution >= 4 is 28.8 Å². The van der Waals surface area contributed by atoms with E-state index in [4.69, 9.17) is 14.2 Å². The van der Waals surface area contributed by atoms with Gasteiger partial charge in [-0.15, -0.1) is 0 Å². The standard InChI is InChI=1S/C27H33N3O6/c1-5-14-30-25-21(12-8-13-28-25)23(24(26(30)32)29-27(33)36-18(3)4)19-10-7-11-20(17-19)34-15-9-16-35-22(31)6-2/h7-8,10-13,17-18H,5-6,9,14-16H2,1-4H3,(H,29,33). The lowest BCUT2D eigenvalue weighted by molar-refractivity contribution is -0.143. The molecule has 0 atom stereocenters. The number of amides is 1. The Balaban J connectivity index is 2.02. The molecule has 0 bridgehead atoms. The number of pyridine rings is 2. The summed E-state index contributed by atoms with van der Waals surface area (Å²) < 4.78 is 17.8. The molecular weight excluding hydrogens is 462 g/mol. The van der Waals surface area contributed by atoms with Crippen LogP contribution in [0.1, 0.15) is 47.0 Å². The quantitative estimate of drug-likeness (QED) is 0.289. The molecule has 0 aliphatic heterocycles. The number of fused-ring (bicyclic) bond motifs is 1. The number of rotatable bonds is 11. The maximum atomic E-state index is 13.6. The summed E-state index contributed by atoms with van der Waals surface area (Å²) in [4.78, 5) is 41.9. The molecule has 0 saturated heterocycles. The highest BCUT2D eigenvalue weighted by Crippen LogP contribution is 2.34. The average molecular weight is 496 g/mol. The third-order valence-corrected chi connectivity index (χ3v) is 5.27. The van der Waals surface area contributed by atoms with Gasteiger partial charge in [0.25, 0.3) is 5.56 Å². The Morgan fingerprint density at radius 2 is 1.92 bits per heavy atom. The average Bonchev–Trinajstić information content (AvgIpc) is 2.86. The molecule has 2 aromatic heterocycles. The number of hydrogen-bond acceptors (Lipinski definition) is 7. The summed E-state index contributed by atoms with van der Waals surface area (Å²) in [6.45, 7) is 8.28. The summed E-state index contributed by atoms with van der Waals surface area (Å²) in [6.07, 6.45) is 2.19. The number of aryl methyl sites for hydroxylation is 1. The maximum Gasteiger partial charge on any atom is 0.412 e. The molecule has 0 spiro atoms. The lowest BCUT2D eigenvalue weighted by Crippen LogP contribution is -2.29. The van der Waals surface area contributed by atoms with Crippen LogP contribution < -0.4 is 15.6 Å². The minimum Gasteiger partial charge on any atom is -0.493 e. The van der Waals surface area contributed by atoms with Crippen molar-refractivity contribution in [2.75, 3.05) is 18.5 Å². The first kappa shape index (κ1) is 26.7. The first-order valence-corrected chi connectivity index (χ1v) is 12.2. The summed E-state index contributed by atoms with van der Waals surface area (Å²) in [5.41, 5.74) is 1.52. The smallest absolute Gasteiger partial charge is 0.412 e. The molecular formula is C27H33N3O6. The van der Waals surface area contributed by atoms with Crippen molar-refractivity contribution in [2.45, 2.75) is 59.6 Å². The molecule has 1 N–H and O–H groups in total. The number of ether oxygens (including phenoxy) is 3. The second-order valence-corrected chi connectivity index (χ2v) is 8.46. The van der Waals surface area contributed by atoms with E-state index in [0.717, 1.165) is 6.42 Å². The first-order valence-electron chi connectivity index (χ1n) is 12.2. The summed E-state index contributed by atoms with van der Waals surface area (Å²) in [5, 5.41) is 3.40. The number of aromatic nitrogens is 2. The van der Waals surface area contributed by atoms with Crippen LogP contribution >= 0.6 is 0 Å². The second kappa shape index (κ2) is 12.7. The molecule has 0 fully saturated rings. The van der Waals surface area contributed by atoms with Gasteiger partial charge in [0.15, 0.2) is 0 Å². The fourth-order valence-electron chi connectivity index (χ4n) is 3.75. The fourth-order valence-corrected chi connectivity index (χ4v) is 3.75. The van der Waals surface area contributed by atoms with Gasteiger partial charge >= 0.3 is 12.1 Å². The van der Waals surface area contributed by atoms with Gasteiger partial charge < -0.3 is 14.2 Å². The predicted octanol–water partition coefficient (Wildman–Crippen LogP) is 5.15. The maximum absolute atomic E-state index is 13.6. The van der Waals surface area contributed by atoms with Crippen LogP contribution in [0.15, 0.2) is 47.4 Å². The Morgan fingerprint density at radius 1 is 1.11 bits per heavy atom. The number of hydrogen-bond donors (Lipinski definition) is 1. The van der Waals surface area contributed by atoms with E-state index in [-0.39, 0.29) is 29.9 Å². The van der Waals surface area contributed by atoms with E-state index in [1.54, 1.807) is 43.7 Å². The summed E-state index contributed by atoms with van der Waals surface area (Å²) in [7, 11) is 0. The minimum atomic E-state index is -0.705. The topological polar surface area (TPSA) is 109 Å². The van der Waals surface area contributed by atoms with Crippen molar-refractivity contribution in [1.82, 2.24) is 9.55 Å². The largest absolute Gasteiger partial charge is 0.493 e. The number of benzene rings is 1. The van der Waals surface area contributed by atoms with Crippen LogP contribution in [-0.2, 0) is 20.8 Å². The third-order valence-electron chi connectivity index (χ3n) is 5.27. The lowest BCUT2D eigenvalue weighted by Gasteiger charge is -2.18. The van der Waals surface area contributed by atoms with Gasteiger partial charge in [0, 0.05) is 36.5 Å². The van der Waals surface area contributed by atoms with Crippen LogP contribution in [0.5, 0.6) is 5.75 Å². The molecule has 2 heterocycles. The van der Waals surface area contributed by atoms with Crippen LogP contribution in [0.2, 0.25) is 0 Å². The molecule has 3 rings (SSSR count). The van der Waals surface area contributed by atoms with Gasteiger partial charge in [0.2, 0.25) is 0 Å². The van der Waals surface area contributed by atoms with Crippen molar-refractivity contribution in [3.63, 3.8) is 0 Å². The van der Waals surface area contributed by atoms with Crippen molar-refractivity contribution in [3.8, 4) is 16.9 Å². The van der Waals surface area contributed by atoms with Gasteiger partial charge in [-0.05, 0) is 50.1 Å². The highest BCUT2D eigenvalue weighted by Gasteiger charge is 2.21. The van der Waals surface area contributed by atoms with Crippen LogP contribution in [0, 0.1) is 0 Å². The Labute approximate surface area is 210 Å². The van der Waals surface area contributed by atoms with Crippen LogP contribution in [0.3, 0.4) is 0 Å². The van der Waals surface area contributed by atoms with Gasteiger partial charge in [-0.3, -0.25) is 19.5 Å². The molecule has 1 amide bonds. The zero-order valence-corrected chi connectivity index (χ0v) is 21.2. The number of nitrogens with zero attached hydrogens (tertiary/aromatic N) is 2. The van der Waals surface area contributed by atoms with Crippen LogP contribution in [0.25, 0.3) is 22.2 Å². The predicted molar refractivity (Wildman–Crippen MR) is 138 cm³/mol. The Hall–Kier alpha value is -3.88. The molecule has 9 nitrogen and oxygen atoms in total. The SMILES string of the molecule is CCCn1c(=O)c(NC(=O)OC(C)C)c(-c2cccc(OCCCOC(=O)CC)c2)c2cccnc21. The van der Waals surface area contributed by atoms with Gasteiger partial charge in [0.1, 0.15) is 17.1 Å². The number of nitrogens with one attached hydrogen (secondary N) is 1. The third kappa shape index (κ3) is 6.62. The molecule has 9 heteroatoms. The molecule has 1 aromatic carbocycles. The van der Waals surface area contributed by atoms with Crippen LogP contribution in [0.4, 0.5) is 10.5 Å². The van der Waals surface area contributed by atoms with E-state index >= 15 is 0 Å². The monoisotopic (exact) mass is 495 g/mol. The van der Waals surface area contributed by atoms with Crippen molar-refractivity contribution in [3.05, 3.63) is 52.9 Å². The van der Waals surface area contributed by atoms with E-state index < -0.39 is 6.09 Å². The number of carbonyl (C=O) groups is 2. The van der Waals surface area contributed by atoms with E-state index in [1.165, 1.54) is 0 Å². The zero-order chi connectivity index (χ0) is 26.1. The normalized spacial score (nSPS) is 10.9. The Bertz CT molecular complexity index is 1270. The number of carbonyl (C=O) groups excluding carboxylic acids is 2. The summed E-state index contributed by atoms with van der Waals surface area (Å²) in [5.74, 6) is 0.339. The summed E-state index contributed by atoms with van der Waals surface area (Å²) in [6, 6.07) is 10.9. The van der Waals surface area contributed by atoms with Gasteiger partial charge in [0.05, 0.1) is 19.3 Å². The molecule has 3 aromatic rings. The van der Waals surface area contributed by atoms with E-state index in [1.807, 2.05) is 31.2 Å². The van der Waals surface area contributed by atoms with E-state index in [9.17, 15) is 14.4 Å². The number of anilines is 1. The zero-order valence-electron chi connectivity index (χ0n) is 21.2. The fraction of sp³-hybridized carbons (Fsp3) is 0.407. The molecule has 0 saturated carbocycles. The summed E-state index contributed by atoms with van der Waals surface area (Å²) >= 11 is 0. The lowest BCUT2D eigenvalue weighted by atomic mass is 10.00. The van der Waals surface area contributed by atoms with Crippen molar-refractivity contribution < 1.29 is 23.8 Å². The molecule has 0 aliphatic rings. The molecule has 0 unspecified atom stereocenters. The van der Waals surface area contributed by atoms with Gasteiger partial charge in [-0.25, -0.2) is 9.78 Å². The molecule has 0 radical (unpaired) electrons. The molecule has 36 heavy (non-hydrogen) atoms. The minimum absolute atomic E-state index is 0.123. The van der Waals surface area contributed by atoms with Crippen molar-refractivity contribution in [1.29, 1.82) is 0 Å². The second-order valence-electron chi connectivity index (χ2n) is 8.46. The van der Waals surface area contributed by atoms with E-state index in [2.05, 4.69) is 10.3 Å². The van der Waals surface area contributed by atoms with Crippen LogP contribution in [-0.4, -0.2) is 40.9 Å². The van der Waals surface area contributed by atoms with Crippen molar-refractivity contribution in [2.24, 2.45) is 0 Å². The van der Waals surface area contributed by atoms with Gasteiger partial charge in [-0.2, -0.15) is 0 Å². The Morgan fingerprint density at radius 3 is 2.64 bits per heavy atom. The first-order chi connectivity index (χ1) is 17.3. The Kier molecular flexibility index (Phi) is 9.44. The highest BCUT2D eigenvalue weighted by atomic mass is 16.6. The number of esters is 1. The highest BCUT2D eigenvalue weighted by molar-refractivity contribution is 6.03. The molecule has 0 aliphatic carbocycles.